The molecule has 3 aromatic heterocycles. The van der Waals surface area contributed by atoms with Gasteiger partial charge in [-0.25, -0.2) is 23.7 Å². The molecule has 0 aliphatic carbocycles. The zero-order valence-corrected chi connectivity index (χ0v) is 20.2. The van der Waals surface area contributed by atoms with Gasteiger partial charge in [0.25, 0.3) is 0 Å². The van der Waals surface area contributed by atoms with Crippen LogP contribution in [0.3, 0.4) is 0 Å². The molecule has 1 saturated heterocycles. The Balaban J connectivity index is 1.72. The van der Waals surface area contributed by atoms with Gasteiger partial charge in [-0.05, 0) is 45.4 Å². The van der Waals surface area contributed by atoms with Crippen LogP contribution in [-0.4, -0.2) is 63.2 Å². The van der Waals surface area contributed by atoms with E-state index < -0.39 is 11.5 Å². The van der Waals surface area contributed by atoms with Gasteiger partial charge in [0.05, 0.1) is 17.1 Å². The number of aryl methyl sites for hydroxylation is 2. The van der Waals surface area contributed by atoms with Gasteiger partial charge in [0.15, 0.2) is 23.4 Å². The first-order chi connectivity index (χ1) is 16.1. The SMILES string of the molecule is CN/C(=N\c1c(C)cc(-c2cc(F)c3nc(C)cn3c2)nc1C=O)C1(F)CCN(C(C)C)CC1. The number of carbonyl (C=O) groups excluding carboxylic acids is 1. The summed E-state index contributed by atoms with van der Waals surface area (Å²) in [5, 5.41) is 2.91. The van der Waals surface area contributed by atoms with E-state index in [2.05, 4.69) is 39.0 Å². The number of hydrogen-bond donors (Lipinski definition) is 1. The van der Waals surface area contributed by atoms with Crippen molar-refractivity contribution in [3.63, 3.8) is 0 Å². The minimum Gasteiger partial charge on any atom is -0.374 e. The summed E-state index contributed by atoms with van der Waals surface area (Å²) >= 11 is 0. The number of pyridine rings is 2. The first-order valence-electron chi connectivity index (χ1n) is 11.5. The molecular weight excluding hydrogens is 438 g/mol. The molecule has 0 radical (unpaired) electrons. The number of aliphatic imine (C=N–C) groups is 1. The summed E-state index contributed by atoms with van der Waals surface area (Å²) in [5.74, 6) is -0.289. The highest BCUT2D eigenvalue weighted by Crippen LogP contribution is 2.33. The number of halogens is 2. The number of rotatable bonds is 5. The smallest absolute Gasteiger partial charge is 0.173 e. The number of piperidine rings is 1. The van der Waals surface area contributed by atoms with Gasteiger partial charge in [0, 0.05) is 57.0 Å². The third-order valence-corrected chi connectivity index (χ3v) is 6.45. The Bertz CT molecular complexity index is 1260. The van der Waals surface area contributed by atoms with Gasteiger partial charge in [-0.1, -0.05) is 0 Å². The molecule has 0 amide bonds. The van der Waals surface area contributed by atoms with Gasteiger partial charge >= 0.3 is 0 Å². The monoisotopic (exact) mass is 468 g/mol. The minimum atomic E-state index is -1.61. The Labute approximate surface area is 197 Å². The van der Waals surface area contributed by atoms with E-state index in [0.29, 0.717) is 66.5 Å². The maximum absolute atomic E-state index is 15.9. The summed E-state index contributed by atoms with van der Waals surface area (Å²) in [6, 6.07) is 3.44. The number of hydrogen-bond acceptors (Lipinski definition) is 5. The van der Waals surface area contributed by atoms with Crippen LogP contribution in [0.4, 0.5) is 14.5 Å². The number of imidazole rings is 1. The van der Waals surface area contributed by atoms with E-state index in [0.717, 1.165) is 0 Å². The molecular formula is C25H30F2N6O. The quantitative estimate of drug-likeness (QED) is 0.341. The molecule has 1 aliphatic rings. The van der Waals surface area contributed by atoms with E-state index in [4.69, 9.17) is 0 Å². The lowest BCUT2D eigenvalue weighted by Gasteiger charge is -2.38. The Morgan fingerprint density at radius 2 is 1.91 bits per heavy atom. The molecule has 0 atom stereocenters. The summed E-state index contributed by atoms with van der Waals surface area (Å²) in [6.45, 7) is 9.04. The molecule has 1 aliphatic heterocycles. The molecule has 0 spiro atoms. The standard InChI is InChI=1S/C25H30F2N6O/c1-15(2)32-8-6-25(27,7-9-32)24(28-5)31-22-16(3)10-20(30-21(22)14-34)18-11-19(26)23-29-17(4)12-33(23)13-18/h10-15H,6-9H2,1-5H3,(H,28,31). The van der Waals surface area contributed by atoms with Gasteiger partial charge in [-0.3, -0.25) is 4.79 Å². The second-order valence-corrected chi connectivity index (χ2v) is 9.17. The van der Waals surface area contributed by atoms with Crippen molar-refractivity contribution in [2.75, 3.05) is 20.1 Å². The molecule has 0 bridgehead atoms. The lowest BCUT2D eigenvalue weighted by Crippen LogP contribution is -2.51. The topological polar surface area (TPSA) is 74.9 Å². The van der Waals surface area contributed by atoms with Crippen LogP contribution in [0.5, 0.6) is 0 Å². The Kier molecular flexibility index (Phi) is 6.49. The molecule has 0 aromatic carbocycles. The molecule has 1 fully saturated rings. The van der Waals surface area contributed by atoms with Crippen molar-refractivity contribution in [2.45, 2.75) is 52.2 Å². The summed E-state index contributed by atoms with van der Waals surface area (Å²) in [7, 11) is 1.64. The van der Waals surface area contributed by atoms with Crippen molar-refractivity contribution in [1.82, 2.24) is 24.6 Å². The van der Waals surface area contributed by atoms with Crippen LogP contribution < -0.4 is 5.32 Å². The third-order valence-electron chi connectivity index (χ3n) is 6.45. The van der Waals surface area contributed by atoms with Gasteiger partial charge in [0.2, 0.25) is 0 Å². The molecule has 4 rings (SSSR count). The van der Waals surface area contributed by atoms with E-state index in [1.807, 2.05) is 0 Å². The first-order valence-corrected chi connectivity index (χ1v) is 11.5. The summed E-state index contributed by atoms with van der Waals surface area (Å²) in [5.41, 5.74) is 1.27. The van der Waals surface area contributed by atoms with Gasteiger partial charge in [-0.2, -0.15) is 0 Å². The Morgan fingerprint density at radius 3 is 2.53 bits per heavy atom. The lowest BCUT2D eigenvalue weighted by atomic mass is 9.91. The number of alkyl halides is 1. The van der Waals surface area contributed by atoms with Crippen molar-refractivity contribution in [3.05, 3.63) is 47.3 Å². The lowest BCUT2D eigenvalue weighted by molar-refractivity contribution is 0.0898. The maximum Gasteiger partial charge on any atom is 0.173 e. The second kappa shape index (κ2) is 9.21. The zero-order chi connectivity index (χ0) is 24.6. The Morgan fingerprint density at radius 1 is 1.21 bits per heavy atom. The number of likely N-dealkylation sites (tertiary alicyclic amines) is 1. The number of nitrogens with one attached hydrogen (secondary N) is 1. The molecule has 0 unspecified atom stereocenters. The van der Waals surface area contributed by atoms with E-state index >= 15 is 4.39 Å². The van der Waals surface area contributed by atoms with Crippen LogP contribution in [0.25, 0.3) is 16.9 Å². The summed E-state index contributed by atoms with van der Waals surface area (Å²) in [4.78, 5) is 27.3. The molecule has 9 heteroatoms. The van der Waals surface area contributed by atoms with E-state index in [1.165, 1.54) is 6.07 Å². The molecule has 7 nitrogen and oxygen atoms in total. The Hall–Kier alpha value is -3.20. The first kappa shape index (κ1) is 23.9. The van der Waals surface area contributed by atoms with Crippen molar-refractivity contribution in [2.24, 2.45) is 4.99 Å². The molecule has 34 heavy (non-hydrogen) atoms. The molecule has 3 aromatic rings. The average molecular weight is 469 g/mol. The fourth-order valence-electron chi connectivity index (χ4n) is 4.51. The highest BCUT2D eigenvalue weighted by Gasteiger charge is 2.40. The van der Waals surface area contributed by atoms with E-state index in [1.54, 1.807) is 43.8 Å². The number of carbonyl (C=O) groups is 1. The third kappa shape index (κ3) is 4.44. The van der Waals surface area contributed by atoms with Crippen LogP contribution in [0.15, 0.2) is 29.5 Å². The largest absolute Gasteiger partial charge is 0.374 e. The van der Waals surface area contributed by atoms with Gasteiger partial charge in [-0.15, -0.1) is 0 Å². The van der Waals surface area contributed by atoms with Crippen LogP contribution in [0.2, 0.25) is 0 Å². The molecule has 4 heterocycles. The van der Waals surface area contributed by atoms with Crippen LogP contribution in [0.1, 0.15) is 48.4 Å². The second-order valence-electron chi connectivity index (χ2n) is 9.17. The average Bonchev–Trinajstić information content (AvgIpc) is 3.18. The van der Waals surface area contributed by atoms with Crippen molar-refractivity contribution in [1.29, 1.82) is 0 Å². The van der Waals surface area contributed by atoms with Crippen LogP contribution in [0, 0.1) is 19.7 Å². The van der Waals surface area contributed by atoms with Crippen molar-refractivity contribution < 1.29 is 13.6 Å². The number of amidine groups is 1. The van der Waals surface area contributed by atoms with Crippen LogP contribution >= 0.6 is 0 Å². The minimum absolute atomic E-state index is 0.0771. The van der Waals surface area contributed by atoms with Gasteiger partial charge in [0.1, 0.15) is 11.5 Å². The fourth-order valence-corrected chi connectivity index (χ4v) is 4.51. The van der Waals surface area contributed by atoms with Crippen LogP contribution in [-0.2, 0) is 0 Å². The molecule has 0 saturated carbocycles. The fraction of sp³-hybridized carbons (Fsp3) is 0.440. The van der Waals surface area contributed by atoms with Crippen molar-refractivity contribution >= 4 is 23.5 Å². The highest BCUT2D eigenvalue weighted by atomic mass is 19.1. The van der Waals surface area contributed by atoms with Crippen molar-refractivity contribution in [3.8, 4) is 11.3 Å². The number of nitrogens with zero attached hydrogens (tertiary/aromatic N) is 5. The summed E-state index contributed by atoms with van der Waals surface area (Å²) in [6.07, 6.45) is 4.67. The van der Waals surface area contributed by atoms with E-state index in [9.17, 15) is 9.18 Å². The molecule has 1 N–H and O–H groups in total. The number of aromatic nitrogens is 3. The normalized spacial score (nSPS) is 16.9. The predicted octanol–water partition coefficient (Wildman–Crippen LogP) is 4.43. The predicted molar refractivity (Wildman–Crippen MR) is 129 cm³/mol. The van der Waals surface area contributed by atoms with Gasteiger partial charge < -0.3 is 14.6 Å². The number of aldehydes is 1. The molecule has 180 valence electrons. The number of fused-ring (bicyclic) bond motifs is 1. The highest BCUT2D eigenvalue weighted by molar-refractivity contribution is 5.95. The zero-order valence-electron chi connectivity index (χ0n) is 20.2. The van der Waals surface area contributed by atoms with E-state index in [-0.39, 0.29) is 17.2 Å². The maximum atomic E-state index is 15.9. The summed E-state index contributed by atoms with van der Waals surface area (Å²) < 4.78 is 32.1.